The Kier molecular flexibility index (Phi) is 2.66. The molecule has 0 unspecified atom stereocenters. The monoisotopic (exact) mass is 180 g/mol. The normalized spacial score (nSPS) is 23.9. The molecule has 3 nitrogen and oxygen atoms in total. The summed E-state index contributed by atoms with van der Waals surface area (Å²) >= 11 is 0. The van der Waals surface area contributed by atoms with Crippen molar-refractivity contribution in [3.63, 3.8) is 0 Å². The summed E-state index contributed by atoms with van der Waals surface area (Å²) in [6.07, 6.45) is 2.96. The van der Waals surface area contributed by atoms with Crippen LogP contribution in [0.25, 0.3) is 0 Å². The Balaban J connectivity index is 1.84. The molecule has 72 valence electrons. The summed E-state index contributed by atoms with van der Waals surface area (Å²) in [6, 6.07) is 3.96. The molecule has 1 atom stereocenters. The highest BCUT2D eigenvalue weighted by Crippen LogP contribution is 2.17. The molecule has 0 saturated carbocycles. The molecular formula is C10H16N2O. The molecule has 2 N–H and O–H groups in total. The van der Waals surface area contributed by atoms with Crippen LogP contribution in [0.15, 0.2) is 22.8 Å². The van der Waals surface area contributed by atoms with E-state index in [1.54, 1.807) is 6.26 Å². The number of likely N-dealkylation sites (tertiary alicyclic amines) is 1. The van der Waals surface area contributed by atoms with Crippen molar-refractivity contribution in [3.8, 4) is 0 Å². The number of furan rings is 1. The van der Waals surface area contributed by atoms with Crippen LogP contribution in [-0.2, 0) is 6.54 Å². The minimum atomic E-state index is 0.690. The van der Waals surface area contributed by atoms with Gasteiger partial charge in [-0.15, -0.1) is 0 Å². The van der Waals surface area contributed by atoms with Gasteiger partial charge in [0.1, 0.15) is 5.76 Å². The van der Waals surface area contributed by atoms with Crippen molar-refractivity contribution in [3.05, 3.63) is 24.2 Å². The third-order valence-electron chi connectivity index (χ3n) is 2.66. The summed E-state index contributed by atoms with van der Waals surface area (Å²) in [7, 11) is 0. The maximum Gasteiger partial charge on any atom is 0.117 e. The molecule has 1 aliphatic rings. The lowest BCUT2D eigenvalue weighted by Gasteiger charge is -2.13. The molecule has 0 bridgehead atoms. The lowest BCUT2D eigenvalue weighted by Crippen LogP contribution is -2.22. The molecule has 2 rings (SSSR count). The average molecular weight is 180 g/mol. The van der Waals surface area contributed by atoms with E-state index in [2.05, 4.69) is 4.90 Å². The molecule has 1 aromatic heterocycles. The molecule has 0 aromatic carbocycles. The van der Waals surface area contributed by atoms with Crippen LogP contribution in [0.4, 0.5) is 0 Å². The maximum absolute atomic E-state index is 5.62. The zero-order valence-corrected chi connectivity index (χ0v) is 7.78. The van der Waals surface area contributed by atoms with Gasteiger partial charge in [-0.25, -0.2) is 0 Å². The van der Waals surface area contributed by atoms with Crippen molar-refractivity contribution < 1.29 is 4.42 Å². The average Bonchev–Trinajstić information content (AvgIpc) is 2.76. The first-order valence-electron chi connectivity index (χ1n) is 4.83. The van der Waals surface area contributed by atoms with Crippen LogP contribution in [0.1, 0.15) is 12.2 Å². The summed E-state index contributed by atoms with van der Waals surface area (Å²) in [5, 5.41) is 0. The van der Waals surface area contributed by atoms with Crippen molar-refractivity contribution >= 4 is 0 Å². The second kappa shape index (κ2) is 3.94. The fraction of sp³-hybridized carbons (Fsp3) is 0.600. The van der Waals surface area contributed by atoms with Crippen LogP contribution in [0, 0.1) is 5.92 Å². The lowest BCUT2D eigenvalue weighted by atomic mass is 10.1. The Morgan fingerprint density at radius 2 is 2.54 bits per heavy atom. The molecule has 13 heavy (non-hydrogen) atoms. The Labute approximate surface area is 78.5 Å². The van der Waals surface area contributed by atoms with Crippen LogP contribution >= 0.6 is 0 Å². The molecule has 0 spiro atoms. The molecule has 1 aliphatic heterocycles. The van der Waals surface area contributed by atoms with Crippen LogP contribution in [0.2, 0.25) is 0 Å². The van der Waals surface area contributed by atoms with Gasteiger partial charge < -0.3 is 10.2 Å². The molecule has 2 heterocycles. The Morgan fingerprint density at radius 1 is 1.62 bits per heavy atom. The fourth-order valence-corrected chi connectivity index (χ4v) is 1.87. The van der Waals surface area contributed by atoms with E-state index in [0.29, 0.717) is 5.92 Å². The van der Waals surface area contributed by atoms with E-state index < -0.39 is 0 Å². The van der Waals surface area contributed by atoms with Crippen molar-refractivity contribution in [1.29, 1.82) is 0 Å². The Hall–Kier alpha value is -0.800. The largest absolute Gasteiger partial charge is 0.468 e. The number of nitrogens with two attached hydrogens (primary N) is 1. The van der Waals surface area contributed by atoms with Gasteiger partial charge in [-0.05, 0) is 37.6 Å². The van der Waals surface area contributed by atoms with Gasteiger partial charge in [-0.1, -0.05) is 0 Å². The Bertz CT molecular complexity index is 245. The SMILES string of the molecule is NC[C@@H]1CCN(Cc2ccco2)C1. The van der Waals surface area contributed by atoms with E-state index in [-0.39, 0.29) is 0 Å². The van der Waals surface area contributed by atoms with E-state index in [0.717, 1.165) is 31.9 Å². The highest BCUT2D eigenvalue weighted by molar-refractivity contribution is 4.98. The third kappa shape index (κ3) is 2.11. The molecule has 1 saturated heterocycles. The van der Waals surface area contributed by atoms with Gasteiger partial charge >= 0.3 is 0 Å². The smallest absolute Gasteiger partial charge is 0.117 e. The van der Waals surface area contributed by atoms with E-state index in [1.165, 1.54) is 6.42 Å². The van der Waals surface area contributed by atoms with Crippen LogP contribution in [0.5, 0.6) is 0 Å². The molecule has 0 radical (unpaired) electrons. The van der Waals surface area contributed by atoms with Crippen molar-refractivity contribution in [2.45, 2.75) is 13.0 Å². The fourth-order valence-electron chi connectivity index (χ4n) is 1.87. The highest BCUT2D eigenvalue weighted by Gasteiger charge is 2.21. The highest BCUT2D eigenvalue weighted by atomic mass is 16.3. The standard InChI is InChI=1S/C10H16N2O/c11-6-9-3-4-12(7-9)8-10-2-1-5-13-10/h1-2,5,9H,3-4,6-8,11H2/t9-/m0/s1. The first-order chi connectivity index (χ1) is 6.38. The van der Waals surface area contributed by atoms with E-state index in [4.69, 9.17) is 10.2 Å². The van der Waals surface area contributed by atoms with Crippen LogP contribution < -0.4 is 5.73 Å². The van der Waals surface area contributed by atoms with Crippen molar-refractivity contribution in [1.82, 2.24) is 4.90 Å². The lowest BCUT2D eigenvalue weighted by molar-refractivity contribution is 0.287. The summed E-state index contributed by atoms with van der Waals surface area (Å²) in [6.45, 7) is 4.03. The zero-order valence-electron chi connectivity index (χ0n) is 7.78. The van der Waals surface area contributed by atoms with Gasteiger partial charge in [-0.3, -0.25) is 4.90 Å². The second-order valence-corrected chi connectivity index (χ2v) is 3.70. The minimum absolute atomic E-state index is 0.690. The van der Waals surface area contributed by atoms with Crippen LogP contribution in [-0.4, -0.2) is 24.5 Å². The summed E-state index contributed by atoms with van der Waals surface area (Å²) in [5.41, 5.74) is 5.62. The van der Waals surface area contributed by atoms with Crippen molar-refractivity contribution in [2.24, 2.45) is 11.7 Å². The molecule has 0 amide bonds. The molecular weight excluding hydrogens is 164 g/mol. The Morgan fingerprint density at radius 3 is 3.15 bits per heavy atom. The van der Waals surface area contributed by atoms with Crippen LogP contribution in [0.3, 0.4) is 0 Å². The van der Waals surface area contributed by atoms with E-state index in [1.807, 2.05) is 12.1 Å². The topological polar surface area (TPSA) is 42.4 Å². The predicted molar refractivity (Wildman–Crippen MR) is 51.1 cm³/mol. The van der Waals surface area contributed by atoms with Gasteiger partial charge in [0.25, 0.3) is 0 Å². The summed E-state index contributed by atoms with van der Waals surface area (Å²) in [5.74, 6) is 1.74. The first-order valence-corrected chi connectivity index (χ1v) is 4.83. The first kappa shape index (κ1) is 8.78. The summed E-state index contributed by atoms with van der Waals surface area (Å²) in [4.78, 5) is 2.40. The van der Waals surface area contributed by atoms with Gasteiger partial charge in [0.15, 0.2) is 0 Å². The van der Waals surface area contributed by atoms with Gasteiger partial charge in [0.2, 0.25) is 0 Å². The summed E-state index contributed by atoms with van der Waals surface area (Å²) < 4.78 is 5.29. The molecule has 0 aliphatic carbocycles. The van der Waals surface area contributed by atoms with Gasteiger partial charge in [-0.2, -0.15) is 0 Å². The van der Waals surface area contributed by atoms with Gasteiger partial charge in [0.05, 0.1) is 12.8 Å². The molecule has 3 heteroatoms. The number of nitrogens with zero attached hydrogens (tertiary/aromatic N) is 1. The quantitative estimate of drug-likeness (QED) is 0.756. The number of hydrogen-bond acceptors (Lipinski definition) is 3. The van der Waals surface area contributed by atoms with Crippen molar-refractivity contribution in [2.75, 3.05) is 19.6 Å². The third-order valence-corrected chi connectivity index (χ3v) is 2.66. The molecule has 1 fully saturated rings. The maximum atomic E-state index is 5.62. The zero-order chi connectivity index (χ0) is 9.10. The predicted octanol–water partition coefficient (Wildman–Crippen LogP) is 1.06. The number of rotatable bonds is 3. The van der Waals surface area contributed by atoms with Gasteiger partial charge in [0, 0.05) is 6.54 Å². The number of hydrogen-bond donors (Lipinski definition) is 1. The molecule has 1 aromatic rings. The minimum Gasteiger partial charge on any atom is -0.468 e. The van der Waals surface area contributed by atoms with E-state index in [9.17, 15) is 0 Å². The second-order valence-electron chi connectivity index (χ2n) is 3.70. The van der Waals surface area contributed by atoms with E-state index >= 15 is 0 Å².